The molecule has 0 amide bonds. The van der Waals surface area contributed by atoms with Crippen molar-refractivity contribution in [3.63, 3.8) is 0 Å². The van der Waals surface area contributed by atoms with Gasteiger partial charge >= 0.3 is 0 Å². The minimum atomic E-state index is 0.300. The average Bonchev–Trinajstić information content (AvgIpc) is 2.19. The van der Waals surface area contributed by atoms with E-state index < -0.39 is 0 Å². The molecule has 3 N–H and O–H groups in total. The van der Waals surface area contributed by atoms with Gasteiger partial charge in [0, 0.05) is 6.54 Å². The molecular weight excluding hydrogens is 198 g/mol. The molecule has 0 bridgehead atoms. The molecular formula is C13H19N3. The highest BCUT2D eigenvalue weighted by Crippen LogP contribution is 2.23. The Morgan fingerprint density at radius 3 is 2.62 bits per heavy atom. The van der Waals surface area contributed by atoms with Gasteiger partial charge in [0.2, 0.25) is 0 Å². The highest BCUT2D eigenvalue weighted by atomic mass is 14.9. The Balaban J connectivity index is 2.65. The van der Waals surface area contributed by atoms with Crippen LogP contribution >= 0.6 is 0 Å². The van der Waals surface area contributed by atoms with Gasteiger partial charge in [0.05, 0.1) is 16.9 Å². The standard InChI is InChI=1S/C13H19N3/c1-13(2,3)7-8-16-11-6-4-5-10(9-14)12(11)15/h4-6,16H,7-8,15H2,1-3H3. The summed E-state index contributed by atoms with van der Waals surface area (Å²) >= 11 is 0. The van der Waals surface area contributed by atoms with Gasteiger partial charge in [-0.05, 0) is 24.0 Å². The highest BCUT2D eigenvalue weighted by Gasteiger charge is 2.10. The van der Waals surface area contributed by atoms with E-state index in [1.54, 1.807) is 6.07 Å². The zero-order valence-electron chi connectivity index (χ0n) is 10.2. The molecule has 0 fully saturated rings. The van der Waals surface area contributed by atoms with E-state index in [2.05, 4.69) is 32.2 Å². The lowest BCUT2D eigenvalue weighted by molar-refractivity contribution is 0.390. The number of benzene rings is 1. The number of para-hydroxylation sites is 1. The molecule has 0 aliphatic rings. The minimum absolute atomic E-state index is 0.300. The summed E-state index contributed by atoms with van der Waals surface area (Å²) in [6.45, 7) is 7.46. The van der Waals surface area contributed by atoms with Gasteiger partial charge in [-0.2, -0.15) is 5.26 Å². The molecule has 1 aromatic rings. The van der Waals surface area contributed by atoms with Crippen LogP contribution in [0.25, 0.3) is 0 Å². The lowest BCUT2D eigenvalue weighted by atomic mass is 9.92. The fourth-order valence-corrected chi connectivity index (χ4v) is 1.39. The first kappa shape index (κ1) is 12.4. The van der Waals surface area contributed by atoms with Gasteiger partial charge in [-0.25, -0.2) is 0 Å². The van der Waals surface area contributed by atoms with Gasteiger partial charge in [-0.1, -0.05) is 26.8 Å². The molecule has 0 heterocycles. The van der Waals surface area contributed by atoms with Crippen molar-refractivity contribution in [2.24, 2.45) is 5.41 Å². The number of nitrogens with zero attached hydrogens (tertiary/aromatic N) is 1. The largest absolute Gasteiger partial charge is 0.396 e. The maximum atomic E-state index is 8.84. The molecule has 0 aliphatic heterocycles. The van der Waals surface area contributed by atoms with Crippen molar-refractivity contribution in [1.29, 1.82) is 5.26 Å². The van der Waals surface area contributed by atoms with Crippen molar-refractivity contribution in [2.75, 3.05) is 17.6 Å². The molecule has 0 unspecified atom stereocenters. The van der Waals surface area contributed by atoms with Crippen molar-refractivity contribution in [1.82, 2.24) is 0 Å². The molecule has 1 aromatic carbocycles. The summed E-state index contributed by atoms with van der Waals surface area (Å²) in [5, 5.41) is 12.1. The van der Waals surface area contributed by atoms with Crippen molar-refractivity contribution in [3.8, 4) is 6.07 Å². The lowest BCUT2D eigenvalue weighted by Gasteiger charge is -2.19. The van der Waals surface area contributed by atoms with E-state index in [1.165, 1.54) is 0 Å². The lowest BCUT2D eigenvalue weighted by Crippen LogP contribution is -2.13. The van der Waals surface area contributed by atoms with E-state index in [9.17, 15) is 0 Å². The molecule has 86 valence electrons. The molecule has 0 spiro atoms. The Bertz CT molecular complexity index is 397. The Morgan fingerprint density at radius 2 is 2.06 bits per heavy atom. The molecule has 0 radical (unpaired) electrons. The van der Waals surface area contributed by atoms with Crippen LogP contribution in [0, 0.1) is 16.7 Å². The third kappa shape index (κ3) is 3.47. The predicted octanol–water partition coefficient (Wildman–Crippen LogP) is 2.99. The summed E-state index contributed by atoms with van der Waals surface area (Å²) in [6, 6.07) is 7.55. The number of nitrogens with two attached hydrogens (primary N) is 1. The summed E-state index contributed by atoms with van der Waals surface area (Å²) in [5.74, 6) is 0. The molecule has 0 atom stereocenters. The third-order valence-electron chi connectivity index (χ3n) is 2.42. The predicted molar refractivity (Wildman–Crippen MR) is 68.1 cm³/mol. The number of rotatable bonds is 3. The van der Waals surface area contributed by atoms with Crippen LogP contribution in [0.1, 0.15) is 32.8 Å². The number of nitriles is 1. The topological polar surface area (TPSA) is 61.8 Å². The van der Waals surface area contributed by atoms with E-state index >= 15 is 0 Å². The van der Waals surface area contributed by atoms with Crippen LogP contribution in [0.5, 0.6) is 0 Å². The fourth-order valence-electron chi connectivity index (χ4n) is 1.39. The zero-order valence-corrected chi connectivity index (χ0v) is 10.2. The second-order valence-electron chi connectivity index (χ2n) is 5.12. The number of nitrogen functional groups attached to an aromatic ring is 1. The molecule has 16 heavy (non-hydrogen) atoms. The Morgan fingerprint density at radius 1 is 1.38 bits per heavy atom. The number of nitrogens with one attached hydrogen (secondary N) is 1. The molecule has 0 saturated carbocycles. The van der Waals surface area contributed by atoms with Crippen LogP contribution in [0.15, 0.2) is 18.2 Å². The normalized spacial score (nSPS) is 10.9. The van der Waals surface area contributed by atoms with Gasteiger partial charge in [0.15, 0.2) is 0 Å². The third-order valence-corrected chi connectivity index (χ3v) is 2.42. The van der Waals surface area contributed by atoms with Crippen LogP contribution in [0.3, 0.4) is 0 Å². The quantitative estimate of drug-likeness (QED) is 0.765. The molecule has 1 rings (SSSR count). The summed E-state index contributed by atoms with van der Waals surface area (Å²) in [7, 11) is 0. The highest BCUT2D eigenvalue weighted by molar-refractivity contribution is 5.72. The van der Waals surface area contributed by atoms with E-state index in [1.807, 2.05) is 12.1 Å². The zero-order chi connectivity index (χ0) is 12.2. The Labute approximate surface area is 97.3 Å². The van der Waals surface area contributed by atoms with Crippen LogP contribution in [0.2, 0.25) is 0 Å². The smallest absolute Gasteiger partial charge is 0.101 e. The van der Waals surface area contributed by atoms with Crippen LogP contribution in [0.4, 0.5) is 11.4 Å². The van der Waals surface area contributed by atoms with Crippen molar-refractivity contribution < 1.29 is 0 Å². The van der Waals surface area contributed by atoms with Crippen molar-refractivity contribution >= 4 is 11.4 Å². The molecule has 3 nitrogen and oxygen atoms in total. The van der Waals surface area contributed by atoms with Crippen LogP contribution in [-0.4, -0.2) is 6.54 Å². The summed E-state index contributed by atoms with van der Waals surface area (Å²) in [5.41, 5.74) is 8.08. The maximum absolute atomic E-state index is 8.84. The minimum Gasteiger partial charge on any atom is -0.396 e. The summed E-state index contributed by atoms with van der Waals surface area (Å²) in [6.07, 6.45) is 1.06. The number of hydrogen-bond acceptors (Lipinski definition) is 3. The monoisotopic (exact) mass is 217 g/mol. The maximum Gasteiger partial charge on any atom is 0.101 e. The molecule has 0 aromatic heterocycles. The summed E-state index contributed by atoms with van der Waals surface area (Å²) in [4.78, 5) is 0. The second kappa shape index (κ2) is 4.89. The first-order valence-electron chi connectivity index (χ1n) is 5.46. The summed E-state index contributed by atoms with van der Waals surface area (Å²) < 4.78 is 0. The van der Waals surface area contributed by atoms with Crippen molar-refractivity contribution in [3.05, 3.63) is 23.8 Å². The Kier molecular flexibility index (Phi) is 3.78. The van der Waals surface area contributed by atoms with E-state index in [4.69, 9.17) is 11.0 Å². The number of anilines is 2. The van der Waals surface area contributed by atoms with E-state index in [-0.39, 0.29) is 0 Å². The number of hydrogen-bond donors (Lipinski definition) is 2. The van der Waals surface area contributed by atoms with Crippen LogP contribution in [-0.2, 0) is 0 Å². The Hall–Kier alpha value is -1.69. The SMILES string of the molecule is CC(C)(C)CCNc1cccc(C#N)c1N. The van der Waals surface area contributed by atoms with E-state index in [0.29, 0.717) is 16.7 Å². The van der Waals surface area contributed by atoms with Gasteiger partial charge in [-0.3, -0.25) is 0 Å². The average molecular weight is 217 g/mol. The van der Waals surface area contributed by atoms with Gasteiger partial charge in [0.1, 0.15) is 6.07 Å². The van der Waals surface area contributed by atoms with Gasteiger partial charge in [0.25, 0.3) is 0 Å². The molecule has 0 saturated heterocycles. The molecule has 3 heteroatoms. The van der Waals surface area contributed by atoms with Crippen molar-refractivity contribution in [2.45, 2.75) is 27.2 Å². The van der Waals surface area contributed by atoms with E-state index in [0.717, 1.165) is 18.7 Å². The van der Waals surface area contributed by atoms with Gasteiger partial charge in [-0.15, -0.1) is 0 Å². The second-order valence-corrected chi connectivity index (χ2v) is 5.12. The van der Waals surface area contributed by atoms with Crippen LogP contribution < -0.4 is 11.1 Å². The first-order chi connectivity index (χ1) is 7.44. The fraction of sp³-hybridized carbons (Fsp3) is 0.462. The first-order valence-corrected chi connectivity index (χ1v) is 5.46. The van der Waals surface area contributed by atoms with Gasteiger partial charge < -0.3 is 11.1 Å². The molecule has 0 aliphatic carbocycles.